The molecule has 0 heterocycles. The second-order valence-electron chi connectivity index (χ2n) is 3.13. The molecule has 1 N–H and O–H groups in total. The van der Waals surface area contributed by atoms with Gasteiger partial charge in [-0.3, -0.25) is 10.1 Å². The topological polar surface area (TPSA) is 63.4 Å². The van der Waals surface area contributed by atoms with Gasteiger partial charge < -0.3 is 5.11 Å². The van der Waals surface area contributed by atoms with Gasteiger partial charge in [-0.1, -0.05) is 30.3 Å². The Kier molecular flexibility index (Phi) is 3.48. The molecule has 1 rings (SSSR count). The van der Waals surface area contributed by atoms with E-state index in [9.17, 15) is 28.4 Å². The first kappa shape index (κ1) is 12.4. The number of hydrogen-bond acceptors (Lipinski definition) is 3. The third-order valence-corrected chi connectivity index (χ3v) is 2.00. The lowest BCUT2D eigenvalue weighted by Gasteiger charge is -2.18. The molecule has 0 fully saturated rings. The van der Waals surface area contributed by atoms with Crippen LogP contribution in [0.15, 0.2) is 30.3 Å². The molecule has 0 radical (unpaired) electrons. The standard InChI is InChI=1S/C9H8F3NO3/c10-9(11,12)8(13(15)16)7(14)6-4-2-1-3-5-6/h1-5,7-8,14H/t7-,8-/m0/s1. The molecule has 0 aliphatic carbocycles. The molecule has 0 spiro atoms. The summed E-state index contributed by atoms with van der Waals surface area (Å²) in [6, 6.07) is 3.72. The van der Waals surface area contributed by atoms with Crippen LogP contribution >= 0.6 is 0 Å². The Morgan fingerprint density at radius 1 is 1.25 bits per heavy atom. The van der Waals surface area contributed by atoms with Crippen LogP contribution in [0.5, 0.6) is 0 Å². The van der Waals surface area contributed by atoms with E-state index in [0.29, 0.717) is 0 Å². The monoisotopic (exact) mass is 235 g/mol. The maximum atomic E-state index is 12.3. The molecule has 0 aromatic heterocycles. The molecule has 1 aromatic rings. The fourth-order valence-electron chi connectivity index (χ4n) is 1.25. The largest absolute Gasteiger partial charge is 0.460 e. The zero-order valence-electron chi connectivity index (χ0n) is 7.89. The van der Waals surface area contributed by atoms with Crippen LogP contribution in [0.3, 0.4) is 0 Å². The Morgan fingerprint density at radius 3 is 2.12 bits per heavy atom. The number of benzene rings is 1. The second kappa shape index (κ2) is 4.48. The smallest absolute Gasteiger partial charge is 0.381 e. The van der Waals surface area contributed by atoms with Crippen LogP contribution in [-0.4, -0.2) is 22.2 Å². The molecule has 88 valence electrons. The highest BCUT2D eigenvalue weighted by Crippen LogP contribution is 2.31. The van der Waals surface area contributed by atoms with Crippen LogP contribution in [0, 0.1) is 10.1 Å². The summed E-state index contributed by atoms with van der Waals surface area (Å²) in [5, 5.41) is 19.6. The highest BCUT2D eigenvalue weighted by molar-refractivity contribution is 5.18. The van der Waals surface area contributed by atoms with Gasteiger partial charge in [0, 0.05) is 4.92 Å². The first-order chi connectivity index (χ1) is 7.34. The normalized spacial score (nSPS) is 15.5. The van der Waals surface area contributed by atoms with E-state index in [1.165, 1.54) is 30.3 Å². The molecule has 0 saturated carbocycles. The van der Waals surface area contributed by atoms with Gasteiger partial charge >= 0.3 is 12.2 Å². The van der Waals surface area contributed by atoms with Gasteiger partial charge in [-0.2, -0.15) is 13.2 Å². The lowest BCUT2D eigenvalue weighted by molar-refractivity contribution is -0.575. The van der Waals surface area contributed by atoms with Crippen molar-refractivity contribution in [2.75, 3.05) is 0 Å². The van der Waals surface area contributed by atoms with Crippen molar-refractivity contribution in [3.05, 3.63) is 46.0 Å². The molecule has 2 atom stereocenters. The van der Waals surface area contributed by atoms with E-state index < -0.39 is 23.2 Å². The van der Waals surface area contributed by atoms with E-state index in [1.807, 2.05) is 0 Å². The van der Waals surface area contributed by atoms with Gasteiger partial charge in [-0.15, -0.1) is 0 Å². The lowest BCUT2D eigenvalue weighted by Crippen LogP contribution is -2.41. The van der Waals surface area contributed by atoms with Crippen molar-refractivity contribution in [3.63, 3.8) is 0 Å². The van der Waals surface area contributed by atoms with Crippen molar-refractivity contribution >= 4 is 0 Å². The molecular formula is C9H8F3NO3. The summed E-state index contributed by atoms with van der Waals surface area (Å²) in [5.74, 6) is 0. The number of aliphatic hydroxyl groups is 1. The SMILES string of the molecule is O=[N+]([O-])[C@@H]([C@@H](O)c1ccccc1)C(F)(F)F. The van der Waals surface area contributed by atoms with Crippen molar-refractivity contribution in [1.29, 1.82) is 0 Å². The second-order valence-corrected chi connectivity index (χ2v) is 3.13. The molecule has 0 aliphatic rings. The molecule has 0 aliphatic heterocycles. The maximum Gasteiger partial charge on any atom is 0.460 e. The fraction of sp³-hybridized carbons (Fsp3) is 0.333. The van der Waals surface area contributed by atoms with Crippen molar-refractivity contribution in [2.24, 2.45) is 0 Å². The molecule has 7 heteroatoms. The third kappa shape index (κ3) is 2.69. The van der Waals surface area contributed by atoms with Crippen LogP contribution in [0.4, 0.5) is 13.2 Å². The Morgan fingerprint density at radius 2 is 1.75 bits per heavy atom. The number of aliphatic hydroxyl groups excluding tert-OH is 1. The maximum absolute atomic E-state index is 12.3. The van der Waals surface area contributed by atoms with Crippen molar-refractivity contribution in [3.8, 4) is 0 Å². The molecule has 16 heavy (non-hydrogen) atoms. The van der Waals surface area contributed by atoms with E-state index in [2.05, 4.69) is 0 Å². The molecular weight excluding hydrogens is 227 g/mol. The zero-order chi connectivity index (χ0) is 12.3. The summed E-state index contributed by atoms with van der Waals surface area (Å²) in [6.07, 6.45) is -7.28. The van der Waals surface area contributed by atoms with Crippen LogP contribution in [0.1, 0.15) is 11.7 Å². The fourth-order valence-corrected chi connectivity index (χ4v) is 1.25. The van der Waals surface area contributed by atoms with Crippen LogP contribution < -0.4 is 0 Å². The van der Waals surface area contributed by atoms with Gasteiger partial charge in [0.2, 0.25) is 0 Å². The first-order valence-electron chi connectivity index (χ1n) is 4.27. The molecule has 1 aromatic carbocycles. The predicted octanol–water partition coefficient (Wildman–Crippen LogP) is 1.93. The van der Waals surface area contributed by atoms with E-state index in [-0.39, 0.29) is 5.56 Å². The summed E-state index contributed by atoms with van der Waals surface area (Å²) in [4.78, 5) is 8.76. The van der Waals surface area contributed by atoms with Crippen LogP contribution in [0.2, 0.25) is 0 Å². The van der Waals surface area contributed by atoms with E-state index >= 15 is 0 Å². The molecule has 0 amide bonds. The molecule has 0 saturated heterocycles. The van der Waals surface area contributed by atoms with Gasteiger partial charge in [-0.25, -0.2) is 0 Å². The number of hydrogen-bond donors (Lipinski definition) is 1. The number of halogens is 3. The Balaban J connectivity index is 3.02. The van der Waals surface area contributed by atoms with Gasteiger partial charge in [0.25, 0.3) is 0 Å². The first-order valence-corrected chi connectivity index (χ1v) is 4.27. The van der Waals surface area contributed by atoms with Crippen molar-refractivity contribution in [1.82, 2.24) is 0 Å². The highest BCUT2D eigenvalue weighted by Gasteiger charge is 2.54. The van der Waals surface area contributed by atoms with Crippen molar-refractivity contribution in [2.45, 2.75) is 18.3 Å². The van der Waals surface area contributed by atoms with Crippen LogP contribution in [-0.2, 0) is 0 Å². The van der Waals surface area contributed by atoms with Crippen molar-refractivity contribution < 1.29 is 23.2 Å². The minimum atomic E-state index is -5.08. The Bertz CT molecular complexity index is 366. The summed E-state index contributed by atoms with van der Waals surface area (Å²) in [5.41, 5.74) is -0.137. The van der Waals surface area contributed by atoms with Gasteiger partial charge in [-0.05, 0) is 5.56 Å². The minimum absolute atomic E-state index is 0.137. The van der Waals surface area contributed by atoms with Gasteiger partial charge in [0.15, 0.2) is 6.10 Å². The van der Waals surface area contributed by atoms with E-state index in [0.717, 1.165) is 0 Å². The zero-order valence-corrected chi connectivity index (χ0v) is 7.89. The van der Waals surface area contributed by atoms with E-state index in [4.69, 9.17) is 0 Å². The number of nitro groups is 1. The summed E-state index contributed by atoms with van der Waals surface area (Å²) < 4.78 is 36.9. The lowest BCUT2D eigenvalue weighted by atomic mass is 10.0. The van der Waals surface area contributed by atoms with E-state index in [1.54, 1.807) is 0 Å². The number of nitrogens with zero attached hydrogens (tertiary/aromatic N) is 1. The molecule has 4 nitrogen and oxygen atoms in total. The quantitative estimate of drug-likeness (QED) is 0.643. The van der Waals surface area contributed by atoms with Gasteiger partial charge in [0.05, 0.1) is 0 Å². The Hall–Kier alpha value is -1.63. The minimum Gasteiger partial charge on any atom is -0.381 e. The Labute approximate surface area is 88.5 Å². The number of alkyl halides is 3. The third-order valence-electron chi connectivity index (χ3n) is 2.00. The summed E-state index contributed by atoms with van der Waals surface area (Å²) in [7, 11) is 0. The van der Waals surface area contributed by atoms with Gasteiger partial charge in [0.1, 0.15) is 0 Å². The summed E-state index contributed by atoms with van der Waals surface area (Å²) in [6.45, 7) is 0. The number of rotatable bonds is 3. The average Bonchev–Trinajstić information content (AvgIpc) is 2.16. The van der Waals surface area contributed by atoms with Crippen LogP contribution in [0.25, 0.3) is 0 Å². The molecule has 0 bridgehead atoms. The highest BCUT2D eigenvalue weighted by atomic mass is 19.4. The predicted molar refractivity (Wildman–Crippen MR) is 48.2 cm³/mol. The molecule has 0 unspecified atom stereocenters. The average molecular weight is 235 g/mol. The summed E-state index contributed by atoms with van der Waals surface area (Å²) >= 11 is 0.